The Morgan fingerprint density at radius 3 is 1.38 bits per heavy atom. The van der Waals surface area contributed by atoms with Crippen LogP contribution in [0.15, 0.2) is 41.3 Å². The van der Waals surface area contributed by atoms with Gasteiger partial charge in [0, 0.05) is 0 Å². The van der Waals surface area contributed by atoms with Crippen LogP contribution < -0.4 is 88.7 Å². The standard InChI is InChI=1S/C7H4ClO.C7H5O4S.3Na.2O3S/c8-7-4-2-1-3-6(7)5-9;8-5-6-3-1-2-4-7(6)12(9,10)11;;;;2*1-4(2)3/h2-5H;2-5H,(H,9,10,11);;;;;/q2*-1;3*+1;;/p-1. The molecule has 158 valence electrons. The van der Waals surface area contributed by atoms with E-state index in [0.717, 1.165) is 12.1 Å². The summed E-state index contributed by atoms with van der Waals surface area (Å²) >= 11 is 5.57. The van der Waals surface area contributed by atoms with Gasteiger partial charge in [-0.2, -0.15) is 48.5 Å². The Hall–Kier alpha value is 0.220. The SMILES string of the molecule is O=Cc1c[c-]ccc1Cl.O=Cc1c[c-]ccc1S(=O)(=O)[O-].O=S(=O)=O.O=S(=O)=O.[Na+].[Na+].[Na+]. The van der Waals surface area contributed by atoms with Crippen LogP contribution in [0.25, 0.3) is 0 Å². The van der Waals surface area contributed by atoms with Gasteiger partial charge in [0.1, 0.15) is 10.1 Å². The second kappa shape index (κ2) is 24.3. The van der Waals surface area contributed by atoms with Gasteiger partial charge in [-0.15, -0.1) is 36.9 Å². The first-order valence-corrected chi connectivity index (χ1v) is 10.2. The van der Waals surface area contributed by atoms with Gasteiger partial charge in [0.25, 0.3) is 0 Å². The molecule has 2 rings (SSSR count). The van der Waals surface area contributed by atoms with E-state index in [1.165, 1.54) is 6.07 Å². The number of hydrogen-bond acceptors (Lipinski definition) is 11. The van der Waals surface area contributed by atoms with Gasteiger partial charge in [-0.3, -0.25) is 0 Å². The van der Waals surface area contributed by atoms with Crippen LogP contribution in [0, 0.1) is 12.1 Å². The fourth-order valence-electron chi connectivity index (χ4n) is 1.26. The van der Waals surface area contributed by atoms with Gasteiger partial charge in [0.15, 0.2) is 0 Å². The zero-order valence-corrected chi connectivity index (χ0v) is 25.9. The summed E-state index contributed by atoms with van der Waals surface area (Å²) in [6.45, 7) is 0. The molecule has 0 spiro atoms. The van der Waals surface area contributed by atoms with Crippen LogP contribution in [0.1, 0.15) is 20.7 Å². The summed E-state index contributed by atoms with van der Waals surface area (Å²) < 4.78 is 82.1. The average Bonchev–Trinajstić information content (AvgIpc) is 2.61. The van der Waals surface area contributed by atoms with Crippen molar-refractivity contribution in [2.24, 2.45) is 0 Å². The van der Waals surface area contributed by atoms with Crippen LogP contribution in [-0.4, -0.2) is 50.8 Å². The number of carbonyl (C=O) groups is 2. The summed E-state index contributed by atoms with van der Waals surface area (Å²) in [7, 11) is -10.8. The molecular weight excluding hydrogens is 545 g/mol. The van der Waals surface area contributed by atoms with E-state index in [4.69, 9.17) is 36.9 Å². The maximum Gasteiger partial charge on any atom is 1.00 e. The van der Waals surface area contributed by atoms with Crippen molar-refractivity contribution in [1.82, 2.24) is 0 Å². The van der Waals surface area contributed by atoms with E-state index >= 15 is 0 Å². The first kappa shape index (κ1) is 42.4. The molecule has 11 nitrogen and oxygen atoms in total. The van der Waals surface area contributed by atoms with E-state index in [1.807, 2.05) is 0 Å². The molecule has 0 N–H and O–H groups in total. The van der Waals surface area contributed by atoms with E-state index in [0.29, 0.717) is 23.2 Å². The molecule has 0 saturated carbocycles. The van der Waals surface area contributed by atoms with Gasteiger partial charge in [-0.25, -0.2) is 8.42 Å². The molecule has 18 heteroatoms. The van der Waals surface area contributed by atoms with Crippen molar-refractivity contribution in [2.75, 3.05) is 0 Å². The molecule has 0 radical (unpaired) electrons. The van der Waals surface area contributed by atoms with Crippen LogP contribution in [0.5, 0.6) is 0 Å². The number of aldehydes is 2. The molecule has 2 aromatic carbocycles. The summed E-state index contributed by atoms with van der Waals surface area (Å²) in [5.41, 5.74) is 0.326. The minimum Gasteiger partial charge on any atom is -0.746 e. The van der Waals surface area contributed by atoms with Gasteiger partial charge < -0.3 is 14.1 Å². The molecule has 2 aromatic rings. The van der Waals surface area contributed by atoms with E-state index in [1.54, 1.807) is 18.2 Å². The van der Waals surface area contributed by atoms with Gasteiger partial charge >= 0.3 is 110 Å². The van der Waals surface area contributed by atoms with E-state index in [2.05, 4.69) is 12.1 Å². The van der Waals surface area contributed by atoms with Gasteiger partial charge in [-0.1, -0.05) is 16.1 Å². The van der Waals surface area contributed by atoms with Crippen molar-refractivity contribution >= 4 is 55.5 Å². The van der Waals surface area contributed by atoms with Gasteiger partial charge in [0.2, 0.25) is 0 Å². The zero-order chi connectivity index (χ0) is 23.0. The van der Waals surface area contributed by atoms with Crippen LogP contribution in [0.2, 0.25) is 5.02 Å². The molecular formula is C14H8ClNa3O11S3. The summed E-state index contributed by atoms with van der Waals surface area (Å²) in [6, 6.07) is 13.5. The molecule has 0 heterocycles. The first-order chi connectivity index (χ1) is 13.4. The summed E-state index contributed by atoms with van der Waals surface area (Å²) in [5, 5.41) is 0.476. The predicted octanol–water partition coefficient (Wildman–Crippen LogP) is -8.84. The third-order valence-electron chi connectivity index (χ3n) is 2.22. The number of rotatable bonds is 3. The Labute approximate surface area is 258 Å². The molecule has 0 saturated heterocycles. The maximum absolute atomic E-state index is 10.5. The average molecular weight is 553 g/mol. The minimum atomic E-state index is -4.55. The first-order valence-electron chi connectivity index (χ1n) is 6.42. The molecule has 0 atom stereocenters. The number of halogens is 1. The second-order valence-electron chi connectivity index (χ2n) is 4.01. The smallest absolute Gasteiger partial charge is 0.746 e. The summed E-state index contributed by atoms with van der Waals surface area (Å²) in [6.07, 6.45) is 1.01. The monoisotopic (exact) mass is 552 g/mol. The van der Waals surface area contributed by atoms with E-state index < -0.39 is 36.2 Å². The fourth-order valence-corrected chi connectivity index (χ4v) is 2.06. The Morgan fingerprint density at radius 1 is 0.781 bits per heavy atom. The van der Waals surface area contributed by atoms with Gasteiger partial charge in [-0.05, 0) is 4.90 Å². The Balaban J connectivity index is -0.000000109. The zero-order valence-electron chi connectivity index (χ0n) is 16.7. The molecule has 0 amide bonds. The molecule has 0 aliphatic carbocycles. The topological polar surface area (TPSA) is 194 Å². The number of benzene rings is 2. The van der Waals surface area contributed by atoms with Crippen molar-refractivity contribution in [3.05, 3.63) is 64.7 Å². The molecule has 0 bridgehead atoms. The molecule has 0 unspecified atom stereocenters. The Kier molecular flexibility index (Phi) is 32.2. The predicted molar refractivity (Wildman–Crippen MR) is 93.7 cm³/mol. The normalized spacial score (nSPS) is 8.19. The van der Waals surface area contributed by atoms with Gasteiger partial charge in [0.05, 0.1) is 12.6 Å². The Bertz CT molecular complexity index is 1110. The third-order valence-corrected chi connectivity index (χ3v) is 3.47. The van der Waals surface area contributed by atoms with E-state index in [-0.39, 0.29) is 94.2 Å². The summed E-state index contributed by atoms with van der Waals surface area (Å²) in [5.74, 6) is 0. The Morgan fingerprint density at radius 2 is 1.12 bits per heavy atom. The number of hydrogen-bond donors (Lipinski definition) is 0. The minimum absolute atomic E-state index is 0. The van der Waals surface area contributed by atoms with Crippen molar-refractivity contribution in [1.29, 1.82) is 0 Å². The molecule has 0 aromatic heterocycles. The van der Waals surface area contributed by atoms with Crippen molar-refractivity contribution in [2.45, 2.75) is 4.90 Å². The van der Waals surface area contributed by atoms with Crippen LogP contribution in [-0.2, 0) is 31.3 Å². The molecule has 0 aliphatic rings. The molecule has 32 heavy (non-hydrogen) atoms. The van der Waals surface area contributed by atoms with Crippen LogP contribution >= 0.6 is 11.6 Å². The van der Waals surface area contributed by atoms with Crippen molar-refractivity contribution in [3.63, 3.8) is 0 Å². The quantitative estimate of drug-likeness (QED) is 0.152. The maximum atomic E-state index is 10.5. The fraction of sp³-hybridized carbons (Fsp3) is 0. The van der Waals surface area contributed by atoms with Crippen molar-refractivity contribution in [3.8, 4) is 0 Å². The summed E-state index contributed by atoms with van der Waals surface area (Å²) in [4.78, 5) is 19.9. The number of carbonyl (C=O) groups excluding carboxylic acids is 2. The van der Waals surface area contributed by atoms with Crippen LogP contribution in [0.3, 0.4) is 0 Å². The molecule has 0 fully saturated rings. The second-order valence-corrected chi connectivity index (χ2v) is 6.58. The van der Waals surface area contributed by atoms with Crippen molar-refractivity contribution < 1.29 is 136 Å². The molecule has 0 aliphatic heterocycles. The third kappa shape index (κ3) is 24.9. The largest absolute Gasteiger partial charge is 1.00 e. The van der Waals surface area contributed by atoms with E-state index in [9.17, 15) is 22.6 Å². The van der Waals surface area contributed by atoms with Crippen LogP contribution in [0.4, 0.5) is 0 Å².